The first kappa shape index (κ1) is 21.5. The van der Waals surface area contributed by atoms with Gasteiger partial charge in [-0.2, -0.15) is 9.65 Å². The van der Waals surface area contributed by atoms with E-state index < -0.39 is 17.7 Å². The Morgan fingerprint density at radius 3 is 2.59 bits per heavy atom. The van der Waals surface area contributed by atoms with Crippen LogP contribution >= 0.6 is 0 Å². The molecule has 0 spiro atoms. The predicted octanol–water partition coefficient (Wildman–Crippen LogP) is 4.57. The maximum Gasteiger partial charge on any atom is 0.277 e. The fourth-order valence-corrected chi connectivity index (χ4v) is 3.94. The summed E-state index contributed by atoms with van der Waals surface area (Å²) in [5.41, 5.74) is 0.221. The molecule has 0 N–H and O–H groups in total. The number of likely N-dealkylation sites (tertiary alicyclic amines) is 1. The topological polar surface area (TPSA) is 71.2 Å². The van der Waals surface area contributed by atoms with E-state index in [4.69, 9.17) is 10.00 Å². The van der Waals surface area contributed by atoms with Crippen LogP contribution in [0.1, 0.15) is 35.8 Å². The lowest BCUT2D eigenvalue weighted by Crippen LogP contribution is -2.29. The number of benzene rings is 2. The van der Waals surface area contributed by atoms with Crippen molar-refractivity contribution < 1.29 is 18.3 Å². The second-order valence-electron chi connectivity index (χ2n) is 7.73. The molecule has 164 valence electrons. The van der Waals surface area contributed by atoms with E-state index >= 15 is 4.39 Å². The number of hydrogen-bond donors (Lipinski definition) is 0. The number of halogens is 2. The standard InChI is InChI=1S/C24H22F2N4O2/c1-3-15-10-11-29(14-15)24(31)21-22(26)30(18-6-8-19(32-2)9-7-18)23(28-21)16-4-5-17(13-27)20(25)12-16/h4-9,12,15H,3,10-11,14H2,1-2H3. The highest BCUT2D eigenvalue weighted by Gasteiger charge is 2.32. The highest BCUT2D eigenvalue weighted by Crippen LogP contribution is 2.30. The molecular weight excluding hydrogens is 414 g/mol. The number of amides is 1. The first-order chi connectivity index (χ1) is 15.5. The van der Waals surface area contributed by atoms with Gasteiger partial charge in [-0.3, -0.25) is 9.36 Å². The molecule has 1 fully saturated rings. The molecule has 2 aromatic carbocycles. The molecule has 1 aromatic heterocycles. The molecule has 0 saturated carbocycles. The smallest absolute Gasteiger partial charge is 0.277 e. The number of imidazole rings is 1. The molecule has 1 amide bonds. The number of ether oxygens (including phenoxy) is 1. The third kappa shape index (κ3) is 3.82. The summed E-state index contributed by atoms with van der Waals surface area (Å²) in [6, 6.07) is 12.3. The van der Waals surface area contributed by atoms with Crippen LogP contribution in [0.15, 0.2) is 42.5 Å². The zero-order valence-electron chi connectivity index (χ0n) is 17.8. The molecule has 0 radical (unpaired) electrons. The number of aromatic nitrogens is 2. The fourth-order valence-electron chi connectivity index (χ4n) is 3.94. The summed E-state index contributed by atoms with van der Waals surface area (Å²) in [6.07, 6.45) is 1.82. The molecule has 0 aliphatic carbocycles. The molecule has 3 aromatic rings. The highest BCUT2D eigenvalue weighted by atomic mass is 19.1. The molecule has 8 heteroatoms. The third-order valence-corrected chi connectivity index (χ3v) is 5.85. The van der Waals surface area contributed by atoms with Crippen LogP contribution in [0.25, 0.3) is 17.1 Å². The number of methoxy groups -OCH3 is 1. The normalized spacial score (nSPS) is 15.6. The molecule has 0 bridgehead atoms. The van der Waals surface area contributed by atoms with Crippen molar-refractivity contribution in [2.75, 3.05) is 20.2 Å². The lowest BCUT2D eigenvalue weighted by atomic mass is 10.1. The summed E-state index contributed by atoms with van der Waals surface area (Å²) >= 11 is 0. The van der Waals surface area contributed by atoms with E-state index in [1.807, 2.05) is 0 Å². The van der Waals surface area contributed by atoms with Crippen LogP contribution in [-0.2, 0) is 0 Å². The number of carbonyl (C=O) groups excluding carboxylic acids is 1. The van der Waals surface area contributed by atoms with Crippen molar-refractivity contribution in [3.05, 3.63) is 65.5 Å². The van der Waals surface area contributed by atoms with Gasteiger partial charge in [-0.15, -0.1) is 0 Å². The maximum atomic E-state index is 15.7. The fraction of sp³-hybridized carbons (Fsp3) is 0.292. The minimum Gasteiger partial charge on any atom is -0.497 e. The average molecular weight is 436 g/mol. The van der Waals surface area contributed by atoms with Crippen LogP contribution in [0.3, 0.4) is 0 Å². The molecule has 6 nitrogen and oxygen atoms in total. The van der Waals surface area contributed by atoms with Crippen LogP contribution in [0, 0.1) is 29.0 Å². The van der Waals surface area contributed by atoms with Crippen LogP contribution in [-0.4, -0.2) is 40.6 Å². The Bertz CT molecular complexity index is 1200. The number of rotatable bonds is 5. The van der Waals surface area contributed by atoms with E-state index in [2.05, 4.69) is 11.9 Å². The van der Waals surface area contributed by atoms with E-state index in [0.29, 0.717) is 30.4 Å². The lowest BCUT2D eigenvalue weighted by molar-refractivity contribution is 0.0776. The van der Waals surface area contributed by atoms with E-state index in [-0.39, 0.29) is 22.6 Å². The van der Waals surface area contributed by atoms with Gasteiger partial charge in [0.15, 0.2) is 5.69 Å². The molecule has 1 unspecified atom stereocenters. The van der Waals surface area contributed by atoms with Crippen molar-refractivity contribution in [3.8, 4) is 28.9 Å². The van der Waals surface area contributed by atoms with E-state index in [9.17, 15) is 9.18 Å². The SMILES string of the molecule is CCC1CCN(C(=O)c2nc(-c3ccc(C#N)c(F)c3)n(-c3ccc(OC)cc3)c2F)C1. The van der Waals surface area contributed by atoms with Gasteiger partial charge in [0, 0.05) is 18.7 Å². The summed E-state index contributed by atoms with van der Waals surface area (Å²) in [5, 5.41) is 9.01. The predicted molar refractivity (Wildman–Crippen MR) is 114 cm³/mol. The average Bonchev–Trinajstić information content (AvgIpc) is 3.43. The van der Waals surface area contributed by atoms with Gasteiger partial charge < -0.3 is 9.64 Å². The number of hydrogen-bond acceptors (Lipinski definition) is 4. The van der Waals surface area contributed by atoms with Gasteiger partial charge in [0.2, 0.25) is 5.95 Å². The van der Waals surface area contributed by atoms with Gasteiger partial charge in [0.05, 0.1) is 18.4 Å². The Balaban J connectivity index is 1.83. The number of nitrogens with zero attached hydrogens (tertiary/aromatic N) is 4. The first-order valence-corrected chi connectivity index (χ1v) is 10.4. The molecule has 4 rings (SSSR count). The number of carbonyl (C=O) groups is 1. The molecule has 1 atom stereocenters. The van der Waals surface area contributed by atoms with Gasteiger partial charge in [-0.1, -0.05) is 13.3 Å². The summed E-state index contributed by atoms with van der Waals surface area (Å²) in [7, 11) is 1.52. The molecule has 1 aliphatic rings. The van der Waals surface area contributed by atoms with Crippen molar-refractivity contribution in [2.45, 2.75) is 19.8 Å². The van der Waals surface area contributed by atoms with E-state index in [0.717, 1.165) is 18.9 Å². The Kier molecular flexibility index (Phi) is 5.91. The Hall–Kier alpha value is -3.73. The van der Waals surface area contributed by atoms with Crippen LogP contribution in [0.4, 0.5) is 8.78 Å². The lowest BCUT2D eigenvalue weighted by Gasteiger charge is -2.14. The van der Waals surface area contributed by atoms with Crippen molar-refractivity contribution in [1.29, 1.82) is 5.26 Å². The minimum absolute atomic E-state index is 0.0747. The zero-order chi connectivity index (χ0) is 22.8. The Morgan fingerprint density at radius 1 is 1.25 bits per heavy atom. The molecule has 2 heterocycles. The maximum absolute atomic E-state index is 15.7. The summed E-state index contributed by atoms with van der Waals surface area (Å²) in [6.45, 7) is 3.17. The van der Waals surface area contributed by atoms with Crippen LogP contribution in [0.2, 0.25) is 0 Å². The van der Waals surface area contributed by atoms with Crippen LogP contribution in [0.5, 0.6) is 5.75 Å². The monoisotopic (exact) mass is 436 g/mol. The summed E-state index contributed by atoms with van der Waals surface area (Å²) in [4.78, 5) is 19.0. The Labute approximate surface area is 184 Å². The molecular formula is C24H22F2N4O2. The van der Waals surface area contributed by atoms with E-state index in [1.165, 1.54) is 23.8 Å². The second kappa shape index (κ2) is 8.79. The Morgan fingerprint density at radius 2 is 2.00 bits per heavy atom. The van der Waals surface area contributed by atoms with Gasteiger partial charge >= 0.3 is 0 Å². The third-order valence-electron chi connectivity index (χ3n) is 5.85. The first-order valence-electron chi connectivity index (χ1n) is 10.4. The molecule has 1 saturated heterocycles. The van der Waals surface area contributed by atoms with Crippen LogP contribution < -0.4 is 4.74 Å². The summed E-state index contributed by atoms with van der Waals surface area (Å²) in [5.74, 6) is -1.00. The van der Waals surface area contributed by atoms with Gasteiger partial charge in [-0.05, 0) is 54.8 Å². The van der Waals surface area contributed by atoms with E-state index in [1.54, 1.807) is 35.2 Å². The van der Waals surface area contributed by atoms with Crippen molar-refractivity contribution in [3.63, 3.8) is 0 Å². The zero-order valence-corrected chi connectivity index (χ0v) is 17.8. The van der Waals surface area contributed by atoms with Gasteiger partial charge in [-0.25, -0.2) is 9.37 Å². The largest absolute Gasteiger partial charge is 0.497 e. The second-order valence-corrected chi connectivity index (χ2v) is 7.73. The van der Waals surface area contributed by atoms with Gasteiger partial charge in [0.25, 0.3) is 5.91 Å². The quantitative estimate of drug-likeness (QED) is 0.588. The minimum atomic E-state index is -0.820. The van der Waals surface area contributed by atoms with Gasteiger partial charge in [0.1, 0.15) is 23.5 Å². The molecule has 1 aliphatic heterocycles. The van der Waals surface area contributed by atoms with Crippen molar-refractivity contribution in [2.24, 2.45) is 5.92 Å². The highest BCUT2D eigenvalue weighted by molar-refractivity contribution is 5.93. The van der Waals surface area contributed by atoms with Crippen molar-refractivity contribution in [1.82, 2.24) is 14.5 Å². The molecule has 32 heavy (non-hydrogen) atoms. The summed E-state index contributed by atoms with van der Waals surface area (Å²) < 4.78 is 36.3. The van der Waals surface area contributed by atoms with Crippen molar-refractivity contribution >= 4 is 5.91 Å². The number of nitriles is 1.